The fraction of sp³-hybridized carbons (Fsp3) is 0.100. The molecule has 1 atom stereocenters. The minimum absolute atomic E-state index is 0.196. The lowest BCUT2D eigenvalue weighted by atomic mass is 10.1. The summed E-state index contributed by atoms with van der Waals surface area (Å²) in [5.74, 6) is -0.196. The second kappa shape index (κ2) is 7.06. The highest BCUT2D eigenvalue weighted by Crippen LogP contribution is 2.15. The molecule has 0 saturated carbocycles. The Morgan fingerprint density at radius 3 is 2.54 bits per heavy atom. The summed E-state index contributed by atoms with van der Waals surface area (Å²) in [6, 6.07) is 19.2. The Morgan fingerprint density at radius 1 is 1.04 bits per heavy atom. The highest BCUT2D eigenvalue weighted by molar-refractivity contribution is 5.94. The largest absolute Gasteiger partial charge is 0.325 e. The molecular weight excluding hydrogens is 298 g/mol. The lowest BCUT2D eigenvalue weighted by Gasteiger charge is -2.07. The molecule has 0 saturated heterocycles. The zero-order valence-corrected chi connectivity index (χ0v) is 13.4. The monoisotopic (exact) mass is 317 g/mol. The Morgan fingerprint density at radius 2 is 1.79 bits per heavy atom. The van der Waals surface area contributed by atoms with Crippen molar-refractivity contribution in [2.75, 3.05) is 5.32 Å². The molecule has 1 heterocycles. The Kier molecular flexibility index (Phi) is 4.68. The van der Waals surface area contributed by atoms with E-state index in [-0.39, 0.29) is 5.91 Å². The SMILES string of the molecule is C[C@H](N)C(=O)Nc1ccc(C=Cc2ccc3ccccc3n2)cc1. The molecule has 0 bridgehead atoms. The van der Waals surface area contributed by atoms with Crippen LogP contribution in [0.4, 0.5) is 5.69 Å². The van der Waals surface area contributed by atoms with Crippen LogP contribution < -0.4 is 11.1 Å². The summed E-state index contributed by atoms with van der Waals surface area (Å²) >= 11 is 0. The van der Waals surface area contributed by atoms with Crippen LogP contribution in [0.3, 0.4) is 0 Å². The van der Waals surface area contributed by atoms with Crippen molar-refractivity contribution in [2.45, 2.75) is 13.0 Å². The first-order chi connectivity index (χ1) is 11.6. The third-order valence-corrected chi connectivity index (χ3v) is 3.66. The number of hydrogen-bond donors (Lipinski definition) is 2. The molecule has 0 spiro atoms. The van der Waals surface area contributed by atoms with Crippen LogP contribution in [0.5, 0.6) is 0 Å². The lowest BCUT2D eigenvalue weighted by molar-refractivity contribution is -0.117. The molecule has 3 aromatic rings. The van der Waals surface area contributed by atoms with E-state index in [1.807, 2.05) is 66.7 Å². The Bertz CT molecular complexity index is 883. The van der Waals surface area contributed by atoms with Gasteiger partial charge in [-0.3, -0.25) is 4.79 Å². The van der Waals surface area contributed by atoms with Gasteiger partial charge in [0.1, 0.15) is 0 Å². The van der Waals surface area contributed by atoms with Gasteiger partial charge in [0.05, 0.1) is 17.3 Å². The number of para-hydroxylation sites is 1. The van der Waals surface area contributed by atoms with E-state index in [2.05, 4.69) is 16.4 Å². The molecule has 2 aromatic carbocycles. The van der Waals surface area contributed by atoms with E-state index >= 15 is 0 Å². The van der Waals surface area contributed by atoms with Crippen LogP contribution in [0, 0.1) is 0 Å². The van der Waals surface area contributed by atoms with Crippen LogP contribution in [-0.4, -0.2) is 16.9 Å². The number of carbonyl (C=O) groups excluding carboxylic acids is 1. The van der Waals surface area contributed by atoms with Gasteiger partial charge in [-0.1, -0.05) is 42.5 Å². The summed E-state index contributed by atoms with van der Waals surface area (Å²) in [5, 5.41) is 3.89. The molecule has 0 fully saturated rings. The molecule has 4 nitrogen and oxygen atoms in total. The maximum absolute atomic E-state index is 11.6. The fourth-order valence-electron chi connectivity index (χ4n) is 2.29. The molecule has 0 unspecified atom stereocenters. The maximum Gasteiger partial charge on any atom is 0.240 e. The highest BCUT2D eigenvalue weighted by atomic mass is 16.2. The lowest BCUT2D eigenvalue weighted by Crippen LogP contribution is -2.32. The van der Waals surface area contributed by atoms with E-state index in [4.69, 9.17) is 5.73 Å². The Balaban J connectivity index is 1.72. The van der Waals surface area contributed by atoms with Crippen molar-refractivity contribution >= 4 is 34.6 Å². The number of fused-ring (bicyclic) bond motifs is 1. The molecule has 24 heavy (non-hydrogen) atoms. The normalized spacial score (nSPS) is 12.4. The van der Waals surface area contributed by atoms with Crippen molar-refractivity contribution in [3.05, 3.63) is 71.9 Å². The quantitative estimate of drug-likeness (QED) is 0.771. The summed E-state index contributed by atoms with van der Waals surface area (Å²) in [6.45, 7) is 1.66. The fourth-order valence-corrected chi connectivity index (χ4v) is 2.29. The number of anilines is 1. The minimum Gasteiger partial charge on any atom is -0.325 e. The van der Waals surface area contributed by atoms with Crippen molar-refractivity contribution in [3.63, 3.8) is 0 Å². The summed E-state index contributed by atoms with van der Waals surface area (Å²) in [6.07, 6.45) is 3.97. The molecule has 0 radical (unpaired) electrons. The summed E-state index contributed by atoms with van der Waals surface area (Å²) < 4.78 is 0. The molecule has 1 aromatic heterocycles. The summed E-state index contributed by atoms with van der Waals surface area (Å²) in [7, 11) is 0. The topological polar surface area (TPSA) is 68.0 Å². The number of rotatable bonds is 4. The number of nitrogens with zero attached hydrogens (tertiary/aromatic N) is 1. The molecule has 0 aliphatic heterocycles. The van der Waals surface area contributed by atoms with Gasteiger partial charge in [0.25, 0.3) is 0 Å². The number of benzene rings is 2. The van der Waals surface area contributed by atoms with E-state index in [1.165, 1.54) is 0 Å². The first-order valence-corrected chi connectivity index (χ1v) is 7.82. The van der Waals surface area contributed by atoms with Gasteiger partial charge in [0, 0.05) is 11.1 Å². The van der Waals surface area contributed by atoms with Gasteiger partial charge in [-0.25, -0.2) is 4.98 Å². The molecule has 0 aliphatic carbocycles. The molecular formula is C20H19N3O. The molecule has 120 valence electrons. The van der Waals surface area contributed by atoms with Gasteiger partial charge in [0.15, 0.2) is 0 Å². The molecule has 1 amide bonds. The van der Waals surface area contributed by atoms with Crippen LogP contribution in [0.2, 0.25) is 0 Å². The van der Waals surface area contributed by atoms with Crippen LogP contribution >= 0.6 is 0 Å². The summed E-state index contributed by atoms with van der Waals surface area (Å²) in [4.78, 5) is 16.2. The average molecular weight is 317 g/mol. The minimum atomic E-state index is -0.524. The number of aromatic nitrogens is 1. The van der Waals surface area contributed by atoms with Crippen molar-refractivity contribution in [2.24, 2.45) is 5.73 Å². The van der Waals surface area contributed by atoms with Gasteiger partial charge in [0.2, 0.25) is 5.91 Å². The zero-order chi connectivity index (χ0) is 16.9. The second-order valence-electron chi connectivity index (χ2n) is 5.66. The van der Waals surface area contributed by atoms with Crippen LogP contribution in [-0.2, 0) is 4.79 Å². The van der Waals surface area contributed by atoms with Crippen molar-refractivity contribution in [1.82, 2.24) is 4.98 Å². The van der Waals surface area contributed by atoms with E-state index in [1.54, 1.807) is 6.92 Å². The van der Waals surface area contributed by atoms with E-state index in [0.29, 0.717) is 0 Å². The van der Waals surface area contributed by atoms with Crippen LogP contribution in [0.15, 0.2) is 60.7 Å². The standard InChI is InChI=1S/C20H19N3O/c1-14(21)20(24)23-18-11-7-15(8-12-18)6-10-17-13-9-16-4-2-3-5-19(16)22-17/h2-14H,21H2,1H3,(H,23,24)/t14-/m0/s1. The number of amides is 1. The van der Waals surface area contributed by atoms with E-state index in [0.717, 1.165) is 27.8 Å². The molecule has 4 heteroatoms. The summed E-state index contributed by atoms with van der Waals surface area (Å²) in [5.41, 5.74) is 9.19. The molecule has 3 N–H and O–H groups in total. The highest BCUT2D eigenvalue weighted by Gasteiger charge is 2.06. The van der Waals surface area contributed by atoms with Gasteiger partial charge in [-0.15, -0.1) is 0 Å². The predicted octanol–water partition coefficient (Wildman–Crippen LogP) is 3.69. The van der Waals surface area contributed by atoms with Crippen LogP contribution in [0.25, 0.3) is 23.1 Å². The van der Waals surface area contributed by atoms with Crippen molar-refractivity contribution in [3.8, 4) is 0 Å². The molecule has 3 rings (SSSR count). The van der Waals surface area contributed by atoms with Gasteiger partial charge in [-0.05, 0) is 42.8 Å². The number of pyridine rings is 1. The molecule has 0 aliphatic rings. The maximum atomic E-state index is 11.6. The van der Waals surface area contributed by atoms with E-state index in [9.17, 15) is 4.79 Å². The first-order valence-electron chi connectivity index (χ1n) is 7.82. The van der Waals surface area contributed by atoms with Crippen molar-refractivity contribution < 1.29 is 4.79 Å². The number of nitrogens with one attached hydrogen (secondary N) is 1. The smallest absolute Gasteiger partial charge is 0.240 e. The van der Waals surface area contributed by atoms with Gasteiger partial charge >= 0.3 is 0 Å². The zero-order valence-electron chi connectivity index (χ0n) is 13.4. The third kappa shape index (κ3) is 3.86. The Hall–Kier alpha value is -2.98. The Labute approximate surface area is 141 Å². The third-order valence-electron chi connectivity index (χ3n) is 3.66. The number of carbonyl (C=O) groups is 1. The predicted molar refractivity (Wildman–Crippen MR) is 99.4 cm³/mol. The number of hydrogen-bond acceptors (Lipinski definition) is 3. The second-order valence-corrected chi connectivity index (χ2v) is 5.66. The van der Waals surface area contributed by atoms with Gasteiger partial charge in [-0.2, -0.15) is 0 Å². The number of nitrogens with two attached hydrogens (primary N) is 1. The van der Waals surface area contributed by atoms with E-state index < -0.39 is 6.04 Å². The average Bonchev–Trinajstić information content (AvgIpc) is 2.61. The van der Waals surface area contributed by atoms with Crippen LogP contribution in [0.1, 0.15) is 18.2 Å². The van der Waals surface area contributed by atoms with Crippen molar-refractivity contribution in [1.29, 1.82) is 0 Å². The first kappa shape index (κ1) is 15.9. The van der Waals surface area contributed by atoms with Gasteiger partial charge < -0.3 is 11.1 Å².